The molecular formula is C18H28N2O2. The molecule has 1 amide bonds. The molecule has 1 aromatic carbocycles. The molecule has 1 fully saturated rings. The number of nitrogens with two attached hydrogens (primary N) is 1. The fourth-order valence-electron chi connectivity index (χ4n) is 3.20. The van der Waals surface area contributed by atoms with Crippen LogP contribution in [0.5, 0.6) is 0 Å². The number of amides is 1. The Morgan fingerprint density at radius 2 is 2.00 bits per heavy atom. The zero-order valence-corrected chi connectivity index (χ0v) is 13.5. The van der Waals surface area contributed by atoms with Crippen LogP contribution in [0.25, 0.3) is 0 Å². The third kappa shape index (κ3) is 4.82. The first-order chi connectivity index (χ1) is 10.7. The fraction of sp³-hybridized carbons (Fsp3) is 0.611. The van der Waals surface area contributed by atoms with Crippen molar-refractivity contribution in [3.8, 4) is 0 Å². The van der Waals surface area contributed by atoms with Crippen molar-refractivity contribution in [1.29, 1.82) is 0 Å². The topological polar surface area (TPSA) is 55.6 Å². The van der Waals surface area contributed by atoms with Gasteiger partial charge in [0.2, 0.25) is 5.91 Å². The molecule has 0 saturated heterocycles. The molecule has 1 aliphatic rings. The lowest BCUT2D eigenvalue weighted by Gasteiger charge is -2.30. The molecule has 1 aromatic rings. The molecule has 22 heavy (non-hydrogen) atoms. The van der Waals surface area contributed by atoms with Gasteiger partial charge in [-0.1, -0.05) is 43.2 Å². The van der Waals surface area contributed by atoms with Crippen molar-refractivity contribution in [2.75, 3.05) is 20.2 Å². The second kappa shape index (κ2) is 8.91. The molecule has 4 nitrogen and oxygen atoms in total. The van der Waals surface area contributed by atoms with Gasteiger partial charge in [-0.25, -0.2) is 0 Å². The number of carbonyl (C=O) groups excluding carboxylic acids is 1. The van der Waals surface area contributed by atoms with Gasteiger partial charge in [0.05, 0.1) is 12.5 Å². The summed E-state index contributed by atoms with van der Waals surface area (Å²) in [6.07, 6.45) is 5.82. The van der Waals surface area contributed by atoms with Gasteiger partial charge in [0.1, 0.15) is 0 Å². The van der Waals surface area contributed by atoms with E-state index in [-0.39, 0.29) is 12.0 Å². The van der Waals surface area contributed by atoms with Crippen molar-refractivity contribution >= 4 is 5.91 Å². The SMILES string of the molecule is COC(CN)CC(=O)N(CCc1ccccc1)C1CCCC1. The van der Waals surface area contributed by atoms with Crippen molar-refractivity contribution in [1.82, 2.24) is 4.90 Å². The lowest BCUT2D eigenvalue weighted by Crippen LogP contribution is -2.42. The van der Waals surface area contributed by atoms with Gasteiger partial charge in [-0.15, -0.1) is 0 Å². The summed E-state index contributed by atoms with van der Waals surface area (Å²) in [4.78, 5) is 14.7. The van der Waals surface area contributed by atoms with Crippen LogP contribution in [0.15, 0.2) is 30.3 Å². The summed E-state index contributed by atoms with van der Waals surface area (Å²) >= 11 is 0. The quantitative estimate of drug-likeness (QED) is 0.802. The largest absolute Gasteiger partial charge is 0.380 e. The summed E-state index contributed by atoms with van der Waals surface area (Å²) in [5.41, 5.74) is 6.93. The van der Waals surface area contributed by atoms with Crippen molar-refractivity contribution in [3.05, 3.63) is 35.9 Å². The number of carbonyl (C=O) groups is 1. The molecule has 0 aliphatic heterocycles. The Balaban J connectivity index is 1.97. The maximum atomic E-state index is 12.7. The first-order valence-electron chi connectivity index (χ1n) is 8.31. The number of nitrogens with zero attached hydrogens (tertiary/aromatic N) is 1. The van der Waals surface area contributed by atoms with E-state index in [9.17, 15) is 4.79 Å². The van der Waals surface area contributed by atoms with Crippen LogP contribution in [0.3, 0.4) is 0 Å². The zero-order chi connectivity index (χ0) is 15.8. The predicted octanol–water partition coefficient (Wildman–Crippen LogP) is 2.36. The van der Waals surface area contributed by atoms with E-state index in [1.807, 2.05) is 18.2 Å². The summed E-state index contributed by atoms with van der Waals surface area (Å²) < 4.78 is 5.27. The lowest BCUT2D eigenvalue weighted by molar-refractivity contribution is -0.135. The third-order valence-electron chi connectivity index (χ3n) is 4.57. The molecule has 1 atom stereocenters. The van der Waals surface area contributed by atoms with Crippen LogP contribution in [0, 0.1) is 0 Å². The minimum atomic E-state index is -0.173. The van der Waals surface area contributed by atoms with Crippen molar-refractivity contribution in [2.45, 2.75) is 50.7 Å². The minimum absolute atomic E-state index is 0.173. The summed E-state index contributed by atoms with van der Waals surface area (Å²) in [7, 11) is 1.62. The number of methoxy groups -OCH3 is 1. The molecule has 1 aliphatic carbocycles. The number of hydrogen-bond acceptors (Lipinski definition) is 3. The van der Waals surface area contributed by atoms with Crippen LogP contribution < -0.4 is 5.73 Å². The second-order valence-electron chi connectivity index (χ2n) is 6.06. The molecule has 0 radical (unpaired) electrons. The van der Waals surface area contributed by atoms with E-state index >= 15 is 0 Å². The average Bonchev–Trinajstić information content (AvgIpc) is 3.08. The maximum Gasteiger partial charge on any atom is 0.225 e. The highest BCUT2D eigenvalue weighted by atomic mass is 16.5. The van der Waals surface area contributed by atoms with Crippen molar-refractivity contribution < 1.29 is 9.53 Å². The number of hydrogen-bond donors (Lipinski definition) is 1. The zero-order valence-electron chi connectivity index (χ0n) is 13.5. The molecule has 0 aromatic heterocycles. The Morgan fingerprint density at radius 3 is 2.59 bits per heavy atom. The normalized spacial score (nSPS) is 16.6. The van der Waals surface area contributed by atoms with Crippen LogP contribution >= 0.6 is 0 Å². The molecule has 1 saturated carbocycles. The van der Waals surface area contributed by atoms with Gasteiger partial charge in [0, 0.05) is 26.2 Å². The Bertz CT molecular complexity index is 440. The first-order valence-corrected chi connectivity index (χ1v) is 8.31. The third-order valence-corrected chi connectivity index (χ3v) is 4.57. The molecule has 4 heteroatoms. The van der Waals surface area contributed by atoms with Crippen LogP contribution in [0.1, 0.15) is 37.7 Å². The van der Waals surface area contributed by atoms with Crippen LogP contribution in [0.2, 0.25) is 0 Å². The number of ether oxygens (including phenoxy) is 1. The summed E-state index contributed by atoms with van der Waals surface area (Å²) in [5.74, 6) is 0.181. The highest BCUT2D eigenvalue weighted by Crippen LogP contribution is 2.24. The molecule has 0 spiro atoms. The molecular weight excluding hydrogens is 276 g/mol. The predicted molar refractivity (Wildman–Crippen MR) is 88.6 cm³/mol. The van der Waals surface area contributed by atoms with E-state index in [0.717, 1.165) is 25.8 Å². The van der Waals surface area contributed by atoms with Gasteiger partial charge >= 0.3 is 0 Å². The molecule has 2 N–H and O–H groups in total. The van der Waals surface area contributed by atoms with Crippen LogP contribution in [0.4, 0.5) is 0 Å². The summed E-state index contributed by atoms with van der Waals surface area (Å²) in [6.45, 7) is 1.17. The highest BCUT2D eigenvalue weighted by Gasteiger charge is 2.27. The van der Waals surface area contributed by atoms with E-state index in [1.165, 1.54) is 18.4 Å². The smallest absolute Gasteiger partial charge is 0.225 e. The van der Waals surface area contributed by atoms with Gasteiger partial charge in [-0.3, -0.25) is 4.79 Å². The van der Waals surface area contributed by atoms with E-state index in [4.69, 9.17) is 10.5 Å². The number of benzene rings is 1. The summed E-state index contributed by atoms with van der Waals surface area (Å²) in [5, 5.41) is 0. The Morgan fingerprint density at radius 1 is 1.32 bits per heavy atom. The Kier molecular flexibility index (Phi) is 6.87. The monoisotopic (exact) mass is 304 g/mol. The van der Waals surface area contributed by atoms with Gasteiger partial charge < -0.3 is 15.4 Å². The standard InChI is InChI=1S/C18H28N2O2/c1-22-17(14-19)13-18(21)20(16-9-5-6-10-16)12-11-15-7-3-2-4-8-15/h2-4,7-8,16-17H,5-6,9-14,19H2,1H3. The summed E-state index contributed by atoms with van der Waals surface area (Å²) in [6, 6.07) is 10.8. The molecule has 122 valence electrons. The molecule has 0 bridgehead atoms. The maximum absolute atomic E-state index is 12.7. The van der Waals surface area contributed by atoms with E-state index in [2.05, 4.69) is 17.0 Å². The van der Waals surface area contributed by atoms with E-state index in [1.54, 1.807) is 7.11 Å². The van der Waals surface area contributed by atoms with Crippen LogP contribution in [-0.2, 0) is 16.0 Å². The molecule has 2 rings (SSSR count). The average molecular weight is 304 g/mol. The van der Waals surface area contributed by atoms with Crippen molar-refractivity contribution in [2.24, 2.45) is 5.73 Å². The first kappa shape index (κ1) is 17.0. The Hall–Kier alpha value is -1.39. The van der Waals surface area contributed by atoms with E-state index in [0.29, 0.717) is 19.0 Å². The molecule has 1 unspecified atom stereocenters. The lowest BCUT2D eigenvalue weighted by atomic mass is 10.1. The van der Waals surface area contributed by atoms with Gasteiger partial charge in [-0.05, 0) is 24.8 Å². The number of rotatable bonds is 8. The fourth-order valence-corrected chi connectivity index (χ4v) is 3.20. The van der Waals surface area contributed by atoms with E-state index < -0.39 is 0 Å². The van der Waals surface area contributed by atoms with Gasteiger partial charge in [0.15, 0.2) is 0 Å². The van der Waals surface area contributed by atoms with Crippen LogP contribution in [-0.4, -0.2) is 43.2 Å². The molecule has 0 heterocycles. The Labute approximate surface area is 133 Å². The second-order valence-corrected chi connectivity index (χ2v) is 6.06. The van der Waals surface area contributed by atoms with Crippen molar-refractivity contribution in [3.63, 3.8) is 0 Å². The van der Waals surface area contributed by atoms with Gasteiger partial charge in [-0.2, -0.15) is 0 Å². The highest BCUT2D eigenvalue weighted by molar-refractivity contribution is 5.77. The van der Waals surface area contributed by atoms with Gasteiger partial charge in [0.25, 0.3) is 0 Å². The minimum Gasteiger partial charge on any atom is -0.380 e.